The molecule has 0 saturated heterocycles. The van der Waals surface area contributed by atoms with Crippen LogP contribution < -0.4 is 11.3 Å². The number of ether oxygens (including phenoxy) is 1. The third kappa shape index (κ3) is 2.93. The molecule has 4 heterocycles. The maximum Gasteiger partial charge on any atom is 0.419 e. The average molecular weight is 477 g/mol. The molecule has 2 aliphatic heterocycles. The van der Waals surface area contributed by atoms with Gasteiger partial charge in [-0.25, -0.2) is 14.2 Å². The maximum absolute atomic E-state index is 14.3. The Bertz CT molecular complexity index is 1460. The molecule has 2 atom stereocenters. The summed E-state index contributed by atoms with van der Waals surface area (Å²) >= 11 is 0. The van der Waals surface area contributed by atoms with E-state index in [2.05, 4.69) is 4.98 Å². The summed E-state index contributed by atoms with van der Waals surface area (Å²) in [5, 5.41) is 11.0. The third-order valence-corrected chi connectivity index (χ3v) is 6.58. The first kappa shape index (κ1) is 22.5. The van der Waals surface area contributed by atoms with E-state index in [0.29, 0.717) is 23.3 Å². The molecule has 0 radical (unpaired) electrons. The normalized spacial score (nSPS) is 20.1. The zero-order chi connectivity index (χ0) is 24.7. The molecule has 0 fully saturated rings. The second-order valence-corrected chi connectivity index (χ2v) is 8.59. The van der Waals surface area contributed by atoms with E-state index in [1.807, 2.05) is 0 Å². The maximum atomic E-state index is 14.3. The Morgan fingerprint density at radius 1 is 1.26 bits per heavy atom. The minimum atomic E-state index is -4.91. The van der Waals surface area contributed by atoms with Crippen LogP contribution in [0.4, 0.5) is 17.6 Å². The monoisotopic (exact) mass is 477 g/mol. The van der Waals surface area contributed by atoms with E-state index in [1.54, 1.807) is 13.8 Å². The van der Waals surface area contributed by atoms with Crippen molar-refractivity contribution in [2.45, 2.75) is 51.2 Å². The van der Waals surface area contributed by atoms with Crippen molar-refractivity contribution in [1.29, 1.82) is 0 Å². The Morgan fingerprint density at radius 2 is 1.97 bits per heavy atom. The minimum Gasteiger partial charge on any atom is -0.458 e. The van der Waals surface area contributed by atoms with Gasteiger partial charge in [-0.2, -0.15) is 13.2 Å². The van der Waals surface area contributed by atoms with Crippen LogP contribution in [-0.4, -0.2) is 20.6 Å². The van der Waals surface area contributed by atoms with Crippen molar-refractivity contribution < 1.29 is 32.2 Å². The summed E-state index contributed by atoms with van der Waals surface area (Å²) in [6.45, 7) is 2.79. The summed E-state index contributed by atoms with van der Waals surface area (Å²) in [7, 11) is 0. The summed E-state index contributed by atoms with van der Waals surface area (Å²) in [5.74, 6) is -2.36. The Balaban J connectivity index is 1.84. The summed E-state index contributed by atoms with van der Waals surface area (Å²) in [5.41, 5.74) is 3.52. The van der Waals surface area contributed by atoms with Crippen LogP contribution in [0, 0.1) is 5.82 Å². The molecule has 11 heteroatoms. The zero-order valence-corrected chi connectivity index (χ0v) is 18.1. The molecular weight excluding hydrogens is 458 g/mol. The number of nitrogens with zero attached hydrogens (tertiary/aromatic N) is 2. The van der Waals surface area contributed by atoms with Gasteiger partial charge >= 0.3 is 12.1 Å². The predicted molar refractivity (Wildman–Crippen MR) is 112 cm³/mol. The number of pyridine rings is 2. The first-order valence-electron chi connectivity index (χ1n) is 10.5. The number of benzene rings is 1. The molecule has 0 spiro atoms. The number of cyclic esters (lactones) is 1. The van der Waals surface area contributed by atoms with Crippen LogP contribution in [0.15, 0.2) is 23.0 Å². The van der Waals surface area contributed by atoms with E-state index in [4.69, 9.17) is 10.5 Å². The molecule has 0 amide bonds. The molecule has 0 aliphatic carbocycles. The van der Waals surface area contributed by atoms with Gasteiger partial charge in [-0.3, -0.25) is 4.79 Å². The van der Waals surface area contributed by atoms with Gasteiger partial charge in [0.25, 0.3) is 5.56 Å². The lowest BCUT2D eigenvalue weighted by Gasteiger charge is -2.31. The van der Waals surface area contributed by atoms with Gasteiger partial charge in [0.05, 0.1) is 34.6 Å². The lowest BCUT2D eigenvalue weighted by molar-refractivity contribution is -0.172. The summed E-state index contributed by atoms with van der Waals surface area (Å²) in [6.07, 6.45) is -4.96. The highest BCUT2D eigenvalue weighted by Crippen LogP contribution is 2.43. The van der Waals surface area contributed by atoms with Gasteiger partial charge in [0, 0.05) is 28.6 Å². The fraction of sp³-hybridized carbons (Fsp3) is 0.348. The van der Waals surface area contributed by atoms with Crippen molar-refractivity contribution in [1.82, 2.24) is 9.55 Å². The number of alkyl halides is 3. The minimum absolute atomic E-state index is 0.0339. The number of aliphatic hydroxyl groups is 1. The number of carbonyl (C=O) groups excluding carboxylic acids is 1. The third-order valence-electron chi connectivity index (χ3n) is 6.58. The van der Waals surface area contributed by atoms with Crippen LogP contribution >= 0.6 is 0 Å². The van der Waals surface area contributed by atoms with Crippen LogP contribution in [0.3, 0.4) is 0 Å². The van der Waals surface area contributed by atoms with Crippen molar-refractivity contribution >= 4 is 16.9 Å². The van der Waals surface area contributed by atoms with Gasteiger partial charge in [0.1, 0.15) is 12.4 Å². The number of carbonyl (C=O) groups is 1. The molecule has 2 aromatic heterocycles. The SMILES string of the molecule is CC[C@@]1(O)C(=O)OCc2c1cc1n(c2=O)Cc2c-1nc1cc(F)c(C(F)(F)F)cc1c2[C@H](C)N. The van der Waals surface area contributed by atoms with Gasteiger partial charge in [0.2, 0.25) is 0 Å². The first-order chi connectivity index (χ1) is 15.9. The van der Waals surface area contributed by atoms with E-state index in [1.165, 1.54) is 10.6 Å². The Labute approximate surface area is 189 Å². The number of fused-ring (bicyclic) bond motifs is 5. The van der Waals surface area contributed by atoms with Crippen molar-refractivity contribution in [3.63, 3.8) is 0 Å². The molecule has 2 aliphatic rings. The lowest BCUT2D eigenvalue weighted by Crippen LogP contribution is -2.44. The number of nitrogens with two attached hydrogens (primary N) is 1. The van der Waals surface area contributed by atoms with Crippen LogP contribution in [0.25, 0.3) is 22.3 Å². The molecule has 178 valence electrons. The highest BCUT2D eigenvalue weighted by atomic mass is 19.4. The fourth-order valence-electron chi connectivity index (χ4n) is 4.87. The number of esters is 1. The van der Waals surface area contributed by atoms with Gasteiger partial charge in [0.15, 0.2) is 5.60 Å². The van der Waals surface area contributed by atoms with Gasteiger partial charge in [-0.15, -0.1) is 0 Å². The average Bonchev–Trinajstić information content (AvgIpc) is 3.12. The van der Waals surface area contributed by atoms with Crippen LogP contribution in [0.2, 0.25) is 0 Å². The highest BCUT2D eigenvalue weighted by molar-refractivity contribution is 5.90. The molecule has 3 aromatic rings. The molecule has 1 aromatic carbocycles. The Hall–Kier alpha value is -3.31. The van der Waals surface area contributed by atoms with Gasteiger partial charge in [-0.05, 0) is 31.0 Å². The van der Waals surface area contributed by atoms with E-state index < -0.39 is 40.7 Å². The van der Waals surface area contributed by atoms with Gasteiger partial charge < -0.3 is 20.1 Å². The predicted octanol–water partition coefficient (Wildman–Crippen LogP) is 3.26. The number of halogens is 4. The molecular formula is C23H19F4N3O4. The van der Waals surface area contributed by atoms with E-state index in [9.17, 15) is 32.3 Å². The van der Waals surface area contributed by atoms with Crippen LogP contribution in [0.5, 0.6) is 0 Å². The van der Waals surface area contributed by atoms with Crippen molar-refractivity contribution in [3.05, 3.63) is 62.2 Å². The first-order valence-corrected chi connectivity index (χ1v) is 10.5. The number of aromatic nitrogens is 2. The number of rotatable bonds is 2. The molecule has 0 unspecified atom stereocenters. The Kier molecular flexibility index (Phi) is 4.69. The zero-order valence-electron chi connectivity index (χ0n) is 18.1. The smallest absolute Gasteiger partial charge is 0.419 e. The number of hydrogen-bond acceptors (Lipinski definition) is 6. The summed E-state index contributed by atoms with van der Waals surface area (Å²) in [6, 6.07) is 2.10. The Morgan fingerprint density at radius 3 is 2.59 bits per heavy atom. The van der Waals surface area contributed by atoms with Crippen molar-refractivity contribution in [3.8, 4) is 11.4 Å². The van der Waals surface area contributed by atoms with Crippen LogP contribution in [0.1, 0.15) is 54.1 Å². The van der Waals surface area contributed by atoms with Crippen LogP contribution in [-0.2, 0) is 34.5 Å². The van der Waals surface area contributed by atoms with E-state index in [0.717, 1.165) is 0 Å². The standard InChI is InChI=1S/C23H19F4N3O4/c1-3-22(33)13-5-17-19-11(7-30(17)20(31)12(13)8-34-21(22)32)18(9(2)28)10-4-14(23(25,26)27)15(24)6-16(10)29-19/h4-6,9,33H,3,7-8,28H2,1-2H3/t9-,22-/m0/s1. The quantitative estimate of drug-likeness (QED) is 0.339. The van der Waals surface area contributed by atoms with Gasteiger partial charge in [-0.1, -0.05) is 6.92 Å². The molecule has 0 saturated carbocycles. The fourth-order valence-corrected chi connectivity index (χ4v) is 4.87. The van der Waals surface area contributed by atoms with Crippen molar-refractivity contribution in [2.75, 3.05) is 0 Å². The van der Waals surface area contributed by atoms with Crippen molar-refractivity contribution in [2.24, 2.45) is 5.73 Å². The largest absolute Gasteiger partial charge is 0.458 e. The molecule has 34 heavy (non-hydrogen) atoms. The molecule has 0 bridgehead atoms. The highest BCUT2D eigenvalue weighted by Gasteiger charge is 2.45. The summed E-state index contributed by atoms with van der Waals surface area (Å²) < 4.78 is 60.8. The molecule has 5 rings (SSSR count). The molecule has 7 nitrogen and oxygen atoms in total. The summed E-state index contributed by atoms with van der Waals surface area (Å²) in [4.78, 5) is 30.0. The molecule has 3 N–H and O–H groups in total. The topological polar surface area (TPSA) is 107 Å². The second kappa shape index (κ2) is 7.09. The van der Waals surface area contributed by atoms with E-state index in [-0.39, 0.29) is 53.0 Å². The lowest BCUT2D eigenvalue weighted by atomic mass is 9.86. The second-order valence-electron chi connectivity index (χ2n) is 8.59. The van der Waals surface area contributed by atoms with E-state index >= 15 is 0 Å². The number of hydrogen-bond donors (Lipinski definition) is 2.